The van der Waals surface area contributed by atoms with Crippen molar-refractivity contribution in [2.75, 3.05) is 13.1 Å². The van der Waals surface area contributed by atoms with Crippen molar-refractivity contribution in [2.24, 2.45) is 0 Å². The summed E-state index contributed by atoms with van der Waals surface area (Å²) in [5.74, 6) is 0.498. The molecular formula is C16H21Br2NO2. The highest BCUT2D eigenvalue weighted by molar-refractivity contribution is 9.11. The fourth-order valence-electron chi connectivity index (χ4n) is 2.53. The lowest BCUT2D eigenvalue weighted by atomic mass is 9.90. The summed E-state index contributed by atoms with van der Waals surface area (Å²) in [6, 6.07) is 6.37. The molecule has 1 fully saturated rings. The number of nitrogens with zero attached hydrogens (tertiary/aromatic N) is 1. The molecule has 1 saturated heterocycles. The maximum Gasteiger partial charge on any atom is 0.410 e. The topological polar surface area (TPSA) is 29.5 Å². The van der Waals surface area contributed by atoms with Crippen LogP contribution in [0.1, 0.15) is 45.1 Å². The quantitative estimate of drug-likeness (QED) is 0.617. The van der Waals surface area contributed by atoms with Crippen molar-refractivity contribution in [2.45, 2.75) is 45.1 Å². The molecule has 0 radical (unpaired) electrons. The molecule has 1 aromatic carbocycles. The van der Waals surface area contributed by atoms with Crippen molar-refractivity contribution in [3.8, 4) is 0 Å². The van der Waals surface area contributed by atoms with Gasteiger partial charge < -0.3 is 9.64 Å². The Labute approximate surface area is 143 Å². The third kappa shape index (κ3) is 4.99. The minimum absolute atomic E-state index is 0.198. The molecule has 1 heterocycles. The highest BCUT2D eigenvalue weighted by Crippen LogP contribution is 2.32. The van der Waals surface area contributed by atoms with Gasteiger partial charge in [0.05, 0.1) is 0 Å². The Morgan fingerprint density at radius 3 is 2.14 bits per heavy atom. The van der Waals surface area contributed by atoms with E-state index in [1.165, 1.54) is 5.56 Å². The zero-order valence-electron chi connectivity index (χ0n) is 12.7. The number of likely N-dealkylation sites (tertiary alicyclic amines) is 1. The minimum atomic E-state index is -0.427. The highest BCUT2D eigenvalue weighted by Gasteiger charge is 2.27. The number of ether oxygens (including phenoxy) is 1. The molecule has 0 spiro atoms. The van der Waals surface area contributed by atoms with Crippen LogP contribution in [0, 0.1) is 0 Å². The summed E-state index contributed by atoms with van der Waals surface area (Å²) in [6.07, 6.45) is 1.75. The number of rotatable bonds is 1. The largest absolute Gasteiger partial charge is 0.444 e. The molecule has 1 aliphatic heterocycles. The van der Waals surface area contributed by atoms with E-state index in [1.807, 2.05) is 31.7 Å². The third-order valence-electron chi connectivity index (χ3n) is 3.50. The minimum Gasteiger partial charge on any atom is -0.444 e. The lowest BCUT2D eigenvalue weighted by Crippen LogP contribution is -2.41. The summed E-state index contributed by atoms with van der Waals surface area (Å²) in [6.45, 7) is 7.21. The van der Waals surface area contributed by atoms with E-state index in [-0.39, 0.29) is 6.09 Å². The van der Waals surface area contributed by atoms with Crippen LogP contribution in [0.2, 0.25) is 0 Å². The number of hydrogen-bond acceptors (Lipinski definition) is 2. The zero-order chi connectivity index (χ0) is 15.6. The predicted octanol–water partition coefficient (Wildman–Crippen LogP) is 5.33. The van der Waals surface area contributed by atoms with Crippen LogP contribution in [0.15, 0.2) is 27.1 Å². The summed E-state index contributed by atoms with van der Waals surface area (Å²) in [5.41, 5.74) is 0.892. The summed E-state index contributed by atoms with van der Waals surface area (Å²) >= 11 is 7.07. The number of piperidine rings is 1. The molecule has 0 N–H and O–H groups in total. The number of carbonyl (C=O) groups is 1. The van der Waals surface area contributed by atoms with Gasteiger partial charge in [0.15, 0.2) is 0 Å². The molecule has 1 amide bonds. The van der Waals surface area contributed by atoms with Gasteiger partial charge in [-0.15, -0.1) is 0 Å². The van der Waals surface area contributed by atoms with Crippen molar-refractivity contribution in [3.63, 3.8) is 0 Å². The van der Waals surface area contributed by atoms with Gasteiger partial charge in [-0.1, -0.05) is 31.9 Å². The molecule has 0 bridgehead atoms. The van der Waals surface area contributed by atoms with E-state index >= 15 is 0 Å². The summed E-state index contributed by atoms with van der Waals surface area (Å²) in [4.78, 5) is 13.9. The Hall–Kier alpha value is -0.550. The number of amides is 1. The van der Waals surface area contributed by atoms with E-state index < -0.39 is 5.60 Å². The molecule has 0 unspecified atom stereocenters. The number of benzene rings is 1. The molecule has 0 aromatic heterocycles. The van der Waals surface area contributed by atoms with Gasteiger partial charge in [0.2, 0.25) is 0 Å². The van der Waals surface area contributed by atoms with Gasteiger partial charge >= 0.3 is 6.09 Å². The fraction of sp³-hybridized carbons (Fsp3) is 0.562. The normalized spacial score (nSPS) is 16.9. The van der Waals surface area contributed by atoms with Gasteiger partial charge in [-0.3, -0.25) is 0 Å². The monoisotopic (exact) mass is 417 g/mol. The molecule has 0 atom stereocenters. The second-order valence-electron chi connectivity index (χ2n) is 6.44. The molecule has 1 aromatic rings. The zero-order valence-corrected chi connectivity index (χ0v) is 15.8. The fourth-order valence-corrected chi connectivity index (χ4v) is 3.86. The van der Waals surface area contributed by atoms with Crippen LogP contribution in [0.4, 0.5) is 4.79 Å². The Kier molecular flexibility index (Phi) is 5.36. The van der Waals surface area contributed by atoms with Crippen LogP contribution in [-0.2, 0) is 4.74 Å². The van der Waals surface area contributed by atoms with Crippen LogP contribution in [0.3, 0.4) is 0 Å². The van der Waals surface area contributed by atoms with E-state index in [2.05, 4.69) is 44.0 Å². The van der Waals surface area contributed by atoms with Crippen LogP contribution in [-0.4, -0.2) is 29.7 Å². The molecule has 1 aliphatic rings. The van der Waals surface area contributed by atoms with E-state index in [9.17, 15) is 4.79 Å². The predicted molar refractivity (Wildman–Crippen MR) is 91.6 cm³/mol. The second-order valence-corrected chi connectivity index (χ2v) is 8.28. The lowest BCUT2D eigenvalue weighted by molar-refractivity contribution is 0.0205. The van der Waals surface area contributed by atoms with Crippen molar-refractivity contribution >= 4 is 38.0 Å². The molecule has 2 rings (SSSR count). The summed E-state index contributed by atoms with van der Waals surface area (Å²) in [5, 5.41) is 0. The van der Waals surface area contributed by atoms with Gasteiger partial charge in [-0.25, -0.2) is 4.79 Å². The van der Waals surface area contributed by atoms with E-state index in [1.54, 1.807) is 0 Å². The van der Waals surface area contributed by atoms with Crippen LogP contribution in [0.25, 0.3) is 0 Å². The average Bonchev–Trinajstić information content (AvgIpc) is 2.35. The van der Waals surface area contributed by atoms with Crippen molar-refractivity contribution < 1.29 is 9.53 Å². The standard InChI is InChI=1S/C16H21Br2NO2/c1-16(2,3)21-15(20)19-6-4-11(5-7-19)12-8-13(17)10-14(18)9-12/h8-11H,4-7H2,1-3H3. The van der Waals surface area contributed by atoms with Crippen LogP contribution < -0.4 is 0 Å². The first-order valence-electron chi connectivity index (χ1n) is 7.18. The van der Waals surface area contributed by atoms with E-state index in [0.29, 0.717) is 5.92 Å². The first-order chi connectivity index (χ1) is 9.74. The highest BCUT2D eigenvalue weighted by atomic mass is 79.9. The smallest absolute Gasteiger partial charge is 0.410 e. The third-order valence-corrected chi connectivity index (χ3v) is 4.42. The van der Waals surface area contributed by atoms with Gasteiger partial charge in [-0.05, 0) is 63.3 Å². The van der Waals surface area contributed by atoms with Gasteiger partial charge in [0.25, 0.3) is 0 Å². The maximum absolute atomic E-state index is 12.1. The molecule has 0 aliphatic carbocycles. The number of hydrogen-bond donors (Lipinski definition) is 0. The van der Waals surface area contributed by atoms with Crippen LogP contribution >= 0.6 is 31.9 Å². The van der Waals surface area contributed by atoms with Crippen LogP contribution in [0.5, 0.6) is 0 Å². The first-order valence-corrected chi connectivity index (χ1v) is 8.77. The summed E-state index contributed by atoms with van der Waals surface area (Å²) < 4.78 is 7.60. The Morgan fingerprint density at radius 1 is 1.14 bits per heavy atom. The SMILES string of the molecule is CC(C)(C)OC(=O)N1CCC(c2cc(Br)cc(Br)c2)CC1. The Balaban J connectivity index is 1.95. The molecule has 116 valence electrons. The van der Waals surface area contributed by atoms with Gasteiger partial charge in [0, 0.05) is 22.0 Å². The second kappa shape index (κ2) is 6.69. The number of carbonyl (C=O) groups excluding carboxylic acids is 1. The van der Waals surface area contributed by atoms with Crippen molar-refractivity contribution in [1.82, 2.24) is 4.90 Å². The van der Waals surface area contributed by atoms with E-state index in [4.69, 9.17) is 4.74 Å². The average molecular weight is 419 g/mol. The lowest BCUT2D eigenvalue weighted by Gasteiger charge is -2.33. The first kappa shape index (κ1) is 16.8. The molecular weight excluding hydrogens is 398 g/mol. The van der Waals surface area contributed by atoms with Crippen molar-refractivity contribution in [1.29, 1.82) is 0 Å². The Morgan fingerprint density at radius 2 is 1.67 bits per heavy atom. The molecule has 5 heteroatoms. The van der Waals surface area contributed by atoms with Gasteiger partial charge in [-0.2, -0.15) is 0 Å². The molecule has 0 saturated carbocycles. The Bertz CT molecular complexity index is 497. The van der Waals surface area contributed by atoms with E-state index in [0.717, 1.165) is 34.9 Å². The summed E-state index contributed by atoms with van der Waals surface area (Å²) in [7, 11) is 0. The molecule has 3 nitrogen and oxygen atoms in total. The van der Waals surface area contributed by atoms with Crippen molar-refractivity contribution in [3.05, 3.63) is 32.7 Å². The molecule has 21 heavy (non-hydrogen) atoms. The van der Waals surface area contributed by atoms with Gasteiger partial charge in [0.1, 0.15) is 5.60 Å². The maximum atomic E-state index is 12.1. The number of halogens is 2.